The largest absolute Gasteiger partial charge is 0.394 e. The minimum absolute atomic E-state index is 0.0403. The van der Waals surface area contributed by atoms with Crippen molar-refractivity contribution in [2.45, 2.75) is 45.2 Å². The Morgan fingerprint density at radius 1 is 1.17 bits per heavy atom. The Morgan fingerprint density at radius 3 is 2.54 bits per heavy atom. The normalized spacial score (nSPS) is 15.3. The second-order valence-electron chi connectivity index (χ2n) is 6.79. The third kappa shape index (κ3) is 4.45. The van der Waals surface area contributed by atoms with Gasteiger partial charge in [-0.05, 0) is 24.3 Å². The number of aromatic nitrogens is 2. The van der Waals surface area contributed by atoms with E-state index < -0.39 is 0 Å². The van der Waals surface area contributed by atoms with Crippen LogP contribution in [-0.2, 0) is 6.54 Å². The van der Waals surface area contributed by atoms with Crippen LogP contribution in [0.5, 0.6) is 0 Å². The average Bonchev–Trinajstić information content (AvgIpc) is 3.43. The van der Waals surface area contributed by atoms with Crippen LogP contribution >= 0.6 is 0 Å². The Labute approximate surface area is 143 Å². The van der Waals surface area contributed by atoms with Crippen molar-refractivity contribution in [2.24, 2.45) is 5.92 Å². The number of anilines is 2. The number of aliphatic hydroxyl groups excluding tert-OH is 1. The van der Waals surface area contributed by atoms with Crippen LogP contribution < -0.4 is 10.6 Å². The Balaban J connectivity index is 1.75. The topological polar surface area (TPSA) is 70.1 Å². The maximum Gasteiger partial charge on any atom is 0.225 e. The van der Waals surface area contributed by atoms with Gasteiger partial charge in [0, 0.05) is 18.5 Å². The van der Waals surface area contributed by atoms with Crippen molar-refractivity contribution < 1.29 is 5.11 Å². The predicted octanol–water partition coefficient (Wildman–Crippen LogP) is 3.39. The summed E-state index contributed by atoms with van der Waals surface area (Å²) < 4.78 is 0. The van der Waals surface area contributed by atoms with Gasteiger partial charge in [-0.25, -0.2) is 4.98 Å². The van der Waals surface area contributed by atoms with Gasteiger partial charge in [0.25, 0.3) is 0 Å². The van der Waals surface area contributed by atoms with Gasteiger partial charge < -0.3 is 15.7 Å². The van der Waals surface area contributed by atoms with Crippen molar-refractivity contribution in [3.05, 3.63) is 47.7 Å². The van der Waals surface area contributed by atoms with E-state index in [9.17, 15) is 5.11 Å². The third-order valence-corrected chi connectivity index (χ3v) is 4.37. The first-order chi connectivity index (χ1) is 11.7. The van der Waals surface area contributed by atoms with E-state index in [1.807, 2.05) is 18.2 Å². The SMILES string of the molecule is CC(C)[C@H](CO)Nc1nc(NCc2ccccc2)cc(C2CC2)n1. The summed E-state index contributed by atoms with van der Waals surface area (Å²) >= 11 is 0. The predicted molar refractivity (Wildman–Crippen MR) is 97.1 cm³/mol. The fraction of sp³-hybridized carbons (Fsp3) is 0.474. The maximum absolute atomic E-state index is 9.54. The second kappa shape index (κ2) is 7.62. The van der Waals surface area contributed by atoms with E-state index in [-0.39, 0.29) is 12.6 Å². The molecule has 0 spiro atoms. The molecule has 0 radical (unpaired) electrons. The van der Waals surface area contributed by atoms with Gasteiger partial charge in [0.1, 0.15) is 5.82 Å². The molecule has 1 fully saturated rings. The third-order valence-electron chi connectivity index (χ3n) is 4.37. The molecule has 0 bridgehead atoms. The van der Waals surface area contributed by atoms with Crippen LogP contribution in [0.4, 0.5) is 11.8 Å². The molecule has 24 heavy (non-hydrogen) atoms. The van der Waals surface area contributed by atoms with E-state index in [2.05, 4.69) is 52.6 Å². The molecule has 1 aromatic heterocycles. The summed E-state index contributed by atoms with van der Waals surface area (Å²) in [6.07, 6.45) is 2.39. The van der Waals surface area contributed by atoms with Crippen molar-refractivity contribution in [2.75, 3.05) is 17.2 Å². The van der Waals surface area contributed by atoms with E-state index in [4.69, 9.17) is 0 Å². The summed E-state index contributed by atoms with van der Waals surface area (Å²) in [4.78, 5) is 9.23. The number of nitrogens with one attached hydrogen (secondary N) is 2. The van der Waals surface area contributed by atoms with Crippen LogP contribution in [0, 0.1) is 5.92 Å². The number of hydrogen-bond acceptors (Lipinski definition) is 5. The van der Waals surface area contributed by atoms with Crippen LogP contribution in [-0.4, -0.2) is 27.7 Å². The van der Waals surface area contributed by atoms with E-state index in [1.165, 1.54) is 18.4 Å². The molecule has 1 aliphatic rings. The van der Waals surface area contributed by atoms with Crippen molar-refractivity contribution in [1.29, 1.82) is 0 Å². The number of aliphatic hydroxyl groups is 1. The molecule has 1 saturated carbocycles. The molecule has 0 aliphatic heterocycles. The maximum atomic E-state index is 9.54. The highest BCUT2D eigenvalue weighted by molar-refractivity contribution is 5.45. The molecular formula is C19H26N4O. The molecular weight excluding hydrogens is 300 g/mol. The summed E-state index contributed by atoms with van der Waals surface area (Å²) in [5.41, 5.74) is 2.30. The van der Waals surface area contributed by atoms with E-state index >= 15 is 0 Å². The Hall–Kier alpha value is -2.14. The standard InChI is InChI=1S/C19H26N4O/c1-13(2)17(12-24)22-19-21-16(15-8-9-15)10-18(23-19)20-11-14-6-4-3-5-7-14/h3-7,10,13,15,17,24H,8-9,11-12H2,1-2H3,(H2,20,21,22,23)/t17-/m0/s1. The average molecular weight is 326 g/mol. The zero-order valence-electron chi connectivity index (χ0n) is 14.4. The van der Waals surface area contributed by atoms with Gasteiger partial charge in [-0.15, -0.1) is 0 Å². The highest BCUT2D eigenvalue weighted by Gasteiger charge is 2.26. The molecule has 1 aliphatic carbocycles. The van der Waals surface area contributed by atoms with Crippen LogP contribution in [0.1, 0.15) is 43.9 Å². The van der Waals surface area contributed by atoms with Gasteiger partial charge in [0.05, 0.1) is 18.3 Å². The summed E-state index contributed by atoms with van der Waals surface area (Å²) in [5.74, 6) is 2.29. The second-order valence-corrected chi connectivity index (χ2v) is 6.79. The van der Waals surface area contributed by atoms with Gasteiger partial charge in [-0.3, -0.25) is 0 Å². The van der Waals surface area contributed by atoms with Crippen molar-refractivity contribution >= 4 is 11.8 Å². The van der Waals surface area contributed by atoms with Crippen molar-refractivity contribution in [3.63, 3.8) is 0 Å². The lowest BCUT2D eigenvalue weighted by Crippen LogP contribution is -2.30. The minimum Gasteiger partial charge on any atom is -0.394 e. The first-order valence-corrected chi connectivity index (χ1v) is 8.70. The van der Waals surface area contributed by atoms with Gasteiger partial charge in [0.15, 0.2) is 0 Å². The van der Waals surface area contributed by atoms with Crippen molar-refractivity contribution in [1.82, 2.24) is 9.97 Å². The minimum atomic E-state index is -0.0403. The van der Waals surface area contributed by atoms with Gasteiger partial charge >= 0.3 is 0 Å². The van der Waals surface area contributed by atoms with Crippen LogP contribution in [0.3, 0.4) is 0 Å². The Morgan fingerprint density at radius 2 is 1.92 bits per heavy atom. The summed E-state index contributed by atoms with van der Waals surface area (Å²) in [6, 6.07) is 12.3. The highest BCUT2D eigenvalue weighted by Crippen LogP contribution is 2.40. The lowest BCUT2D eigenvalue weighted by molar-refractivity contribution is 0.248. The molecule has 1 atom stereocenters. The molecule has 3 rings (SSSR count). The molecule has 0 saturated heterocycles. The van der Waals surface area contributed by atoms with Gasteiger partial charge in [-0.2, -0.15) is 4.98 Å². The molecule has 0 unspecified atom stereocenters. The van der Waals surface area contributed by atoms with Crippen molar-refractivity contribution in [3.8, 4) is 0 Å². The summed E-state index contributed by atoms with van der Waals surface area (Å²) in [6.45, 7) is 4.96. The van der Waals surface area contributed by atoms with E-state index in [0.717, 1.165) is 18.1 Å². The van der Waals surface area contributed by atoms with E-state index in [0.29, 0.717) is 17.8 Å². The monoisotopic (exact) mass is 326 g/mol. The molecule has 3 N–H and O–H groups in total. The molecule has 5 heteroatoms. The Bertz CT molecular complexity index is 656. The fourth-order valence-corrected chi connectivity index (χ4v) is 2.59. The van der Waals surface area contributed by atoms with Crippen LogP contribution in [0.2, 0.25) is 0 Å². The quantitative estimate of drug-likeness (QED) is 0.693. The molecule has 1 heterocycles. The number of nitrogens with zero attached hydrogens (tertiary/aromatic N) is 2. The van der Waals surface area contributed by atoms with Gasteiger partial charge in [-0.1, -0.05) is 44.2 Å². The zero-order valence-corrected chi connectivity index (χ0v) is 14.4. The first kappa shape index (κ1) is 16.7. The van der Waals surface area contributed by atoms with Crippen LogP contribution in [0.15, 0.2) is 36.4 Å². The Kier molecular flexibility index (Phi) is 5.30. The highest BCUT2D eigenvalue weighted by atomic mass is 16.3. The zero-order chi connectivity index (χ0) is 16.9. The number of rotatable bonds is 8. The van der Waals surface area contributed by atoms with E-state index in [1.54, 1.807) is 0 Å². The number of benzene rings is 1. The van der Waals surface area contributed by atoms with Gasteiger partial charge in [0.2, 0.25) is 5.95 Å². The molecule has 0 amide bonds. The fourth-order valence-electron chi connectivity index (χ4n) is 2.59. The smallest absolute Gasteiger partial charge is 0.225 e. The first-order valence-electron chi connectivity index (χ1n) is 8.70. The lowest BCUT2D eigenvalue weighted by Gasteiger charge is -2.20. The summed E-state index contributed by atoms with van der Waals surface area (Å²) in [7, 11) is 0. The van der Waals surface area contributed by atoms with Crippen LogP contribution in [0.25, 0.3) is 0 Å². The lowest BCUT2D eigenvalue weighted by atomic mass is 10.1. The molecule has 1 aromatic carbocycles. The molecule has 5 nitrogen and oxygen atoms in total. The molecule has 128 valence electrons. The number of hydrogen-bond donors (Lipinski definition) is 3. The molecule has 2 aromatic rings. The summed E-state index contributed by atoms with van der Waals surface area (Å²) in [5, 5.41) is 16.2.